The van der Waals surface area contributed by atoms with E-state index in [1.54, 1.807) is 0 Å². The number of rotatable bonds is 6. The van der Waals surface area contributed by atoms with Crippen molar-refractivity contribution in [3.63, 3.8) is 0 Å². The van der Waals surface area contributed by atoms with Crippen molar-refractivity contribution in [1.29, 1.82) is 0 Å². The molecule has 0 aromatic heterocycles. The van der Waals surface area contributed by atoms with Crippen molar-refractivity contribution < 1.29 is 14.0 Å². The van der Waals surface area contributed by atoms with Gasteiger partial charge in [0.2, 0.25) is 0 Å². The van der Waals surface area contributed by atoms with Crippen molar-refractivity contribution in [1.82, 2.24) is 0 Å². The second-order valence-electron chi connectivity index (χ2n) is 4.05. The first-order chi connectivity index (χ1) is 6.83. The van der Waals surface area contributed by atoms with Crippen LogP contribution in [0.5, 0.6) is 0 Å². The second kappa shape index (κ2) is 6.38. The van der Waals surface area contributed by atoms with Crippen molar-refractivity contribution in [3.05, 3.63) is 0 Å². The molecular formula is C11H24NO2+. The molecule has 3 nitrogen and oxygen atoms in total. The molecule has 0 spiro atoms. The van der Waals surface area contributed by atoms with Crippen LogP contribution in [0.3, 0.4) is 0 Å². The normalized spacial score (nSPS) is 21.0. The van der Waals surface area contributed by atoms with Crippen LogP contribution in [-0.4, -0.2) is 57.1 Å². The summed E-state index contributed by atoms with van der Waals surface area (Å²) in [6.45, 7) is 12.7. The molecule has 0 saturated carbocycles. The van der Waals surface area contributed by atoms with E-state index in [9.17, 15) is 0 Å². The van der Waals surface area contributed by atoms with Crippen LogP contribution in [0.25, 0.3) is 0 Å². The van der Waals surface area contributed by atoms with Crippen molar-refractivity contribution in [3.8, 4) is 0 Å². The summed E-state index contributed by atoms with van der Waals surface area (Å²) in [5.41, 5.74) is 0. The van der Waals surface area contributed by atoms with E-state index in [2.05, 4.69) is 13.8 Å². The summed E-state index contributed by atoms with van der Waals surface area (Å²) in [4.78, 5) is 0. The third-order valence-electron chi connectivity index (χ3n) is 3.03. The first kappa shape index (κ1) is 12.0. The summed E-state index contributed by atoms with van der Waals surface area (Å²) >= 11 is 0. The molecule has 1 fully saturated rings. The van der Waals surface area contributed by atoms with Gasteiger partial charge in [-0.1, -0.05) is 6.92 Å². The summed E-state index contributed by atoms with van der Waals surface area (Å²) in [5, 5.41) is 0. The summed E-state index contributed by atoms with van der Waals surface area (Å²) in [7, 11) is 0. The number of hydrogen-bond acceptors (Lipinski definition) is 2. The van der Waals surface area contributed by atoms with E-state index in [0.717, 1.165) is 33.0 Å². The molecule has 0 N–H and O–H groups in total. The third kappa shape index (κ3) is 3.56. The molecule has 1 aliphatic heterocycles. The molecule has 0 aliphatic carbocycles. The van der Waals surface area contributed by atoms with Gasteiger partial charge in [0.15, 0.2) is 0 Å². The van der Waals surface area contributed by atoms with Gasteiger partial charge >= 0.3 is 0 Å². The van der Waals surface area contributed by atoms with Gasteiger partial charge in [-0.05, 0) is 13.3 Å². The molecule has 0 radical (unpaired) electrons. The lowest BCUT2D eigenvalue weighted by Crippen LogP contribution is -2.56. The minimum Gasteiger partial charge on any atom is -0.376 e. The monoisotopic (exact) mass is 202 g/mol. The molecule has 1 aliphatic rings. The van der Waals surface area contributed by atoms with Crippen molar-refractivity contribution in [2.24, 2.45) is 0 Å². The number of ether oxygens (including phenoxy) is 2. The molecule has 1 saturated heterocycles. The highest BCUT2D eigenvalue weighted by Crippen LogP contribution is 2.12. The summed E-state index contributed by atoms with van der Waals surface area (Å²) in [6, 6.07) is 0. The zero-order valence-corrected chi connectivity index (χ0v) is 9.63. The predicted octanol–water partition coefficient (Wildman–Crippen LogP) is 1.28. The quantitative estimate of drug-likeness (QED) is 0.477. The molecule has 1 heterocycles. The second-order valence-corrected chi connectivity index (χ2v) is 4.05. The minimum atomic E-state index is 0.836. The van der Waals surface area contributed by atoms with Gasteiger partial charge in [0.25, 0.3) is 0 Å². The lowest BCUT2D eigenvalue weighted by Gasteiger charge is -2.41. The average Bonchev–Trinajstić information content (AvgIpc) is 2.20. The molecular weight excluding hydrogens is 178 g/mol. The summed E-state index contributed by atoms with van der Waals surface area (Å²) in [6.07, 6.45) is 1.26. The van der Waals surface area contributed by atoms with Crippen molar-refractivity contribution in [2.75, 3.05) is 52.6 Å². The van der Waals surface area contributed by atoms with Gasteiger partial charge in [-0.25, -0.2) is 0 Å². The predicted molar refractivity (Wildman–Crippen MR) is 57.3 cm³/mol. The smallest absolute Gasteiger partial charge is 0.103 e. The molecule has 0 aromatic rings. The van der Waals surface area contributed by atoms with E-state index >= 15 is 0 Å². The van der Waals surface area contributed by atoms with Crippen LogP contribution in [-0.2, 0) is 9.47 Å². The Bertz CT molecular complexity index is 139. The van der Waals surface area contributed by atoms with Crippen LogP contribution in [0.2, 0.25) is 0 Å². The first-order valence-corrected chi connectivity index (χ1v) is 5.83. The van der Waals surface area contributed by atoms with Gasteiger partial charge in [-0.15, -0.1) is 0 Å². The van der Waals surface area contributed by atoms with Gasteiger partial charge in [0.1, 0.15) is 19.6 Å². The highest BCUT2D eigenvalue weighted by Gasteiger charge is 2.28. The van der Waals surface area contributed by atoms with Crippen LogP contribution in [0.1, 0.15) is 20.3 Å². The fourth-order valence-corrected chi connectivity index (χ4v) is 2.17. The van der Waals surface area contributed by atoms with E-state index in [0.29, 0.717) is 0 Å². The maximum absolute atomic E-state index is 5.45. The van der Waals surface area contributed by atoms with E-state index in [1.807, 2.05) is 0 Å². The minimum absolute atomic E-state index is 0.836. The highest BCUT2D eigenvalue weighted by atomic mass is 16.5. The Morgan fingerprint density at radius 2 is 1.86 bits per heavy atom. The molecule has 0 unspecified atom stereocenters. The van der Waals surface area contributed by atoms with Gasteiger partial charge in [-0.2, -0.15) is 0 Å². The Balaban J connectivity index is 2.34. The highest BCUT2D eigenvalue weighted by molar-refractivity contribution is 4.50. The van der Waals surface area contributed by atoms with Crippen LogP contribution < -0.4 is 0 Å². The SMILES string of the molecule is CCC[N+]1(CCOCC)CCOCC1. The molecule has 0 atom stereocenters. The average molecular weight is 202 g/mol. The molecule has 0 aromatic carbocycles. The van der Waals surface area contributed by atoms with Crippen molar-refractivity contribution >= 4 is 0 Å². The van der Waals surface area contributed by atoms with Gasteiger partial charge in [0.05, 0.1) is 26.4 Å². The molecule has 1 rings (SSSR count). The first-order valence-electron chi connectivity index (χ1n) is 5.83. The fourth-order valence-electron chi connectivity index (χ4n) is 2.17. The van der Waals surface area contributed by atoms with E-state index in [1.165, 1.54) is 30.5 Å². The zero-order valence-electron chi connectivity index (χ0n) is 9.63. The zero-order chi connectivity index (χ0) is 10.3. The lowest BCUT2D eigenvalue weighted by molar-refractivity contribution is -0.935. The Morgan fingerprint density at radius 1 is 1.14 bits per heavy atom. The largest absolute Gasteiger partial charge is 0.376 e. The van der Waals surface area contributed by atoms with E-state index in [-0.39, 0.29) is 0 Å². The lowest BCUT2D eigenvalue weighted by atomic mass is 10.2. The number of nitrogens with zero attached hydrogens (tertiary/aromatic N) is 1. The standard InChI is InChI=1S/C11H24NO2/c1-3-5-12(6-9-13-4-2)7-10-14-11-8-12/h3-11H2,1-2H3/q+1. The maximum Gasteiger partial charge on any atom is 0.103 e. The third-order valence-corrected chi connectivity index (χ3v) is 3.03. The van der Waals surface area contributed by atoms with Crippen LogP contribution >= 0.6 is 0 Å². The topological polar surface area (TPSA) is 18.5 Å². The Kier molecular flexibility index (Phi) is 5.45. The van der Waals surface area contributed by atoms with Crippen molar-refractivity contribution in [2.45, 2.75) is 20.3 Å². The van der Waals surface area contributed by atoms with Gasteiger partial charge < -0.3 is 14.0 Å². The number of hydrogen-bond donors (Lipinski definition) is 0. The maximum atomic E-state index is 5.45. The van der Waals surface area contributed by atoms with Gasteiger partial charge in [-0.3, -0.25) is 0 Å². The Morgan fingerprint density at radius 3 is 2.43 bits per heavy atom. The molecule has 14 heavy (non-hydrogen) atoms. The summed E-state index contributed by atoms with van der Waals surface area (Å²) in [5.74, 6) is 0. The summed E-state index contributed by atoms with van der Waals surface area (Å²) < 4.78 is 12.1. The molecule has 0 bridgehead atoms. The Labute approximate surface area is 87.6 Å². The molecule has 84 valence electrons. The van der Waals surface area contributed by atoms with Gasteiger partial charge in [0, 0.05) is 6.61 Å². The van der Waals surface area contributed by atoms with Crippen LogP contribution in [0, 0.1) is 0 Å². The van der Waals surface area contributed by atoms with Crippen LogP contribution in [0.15, 0.2) is 0 Å². The van der Waals surface area contributed by atoms with E-state index < -0.39 is 0 Å². The molecule has 0 amide bonds. The number of morpholine rings is 1. The Hall–Kier alpha value is -0.120. The van der Waals surface area contributed by atoms with E-state index in [4.69, 9.17) is 9.47 Å². The fraction of sp³-hybridized carbons (Fsp3) is 1.00. The van der Waals surface area contributed by atoms with Crippen LogP contribution in [0.4, 0.5) is 0 Å². The number of quaternary nitrogens is 1. The molecule has 3 heteroatoms.